The summed E-state index contributed by atoms with van der Waals surface area (Å²) < 4.78 is 9.24. The lowest BCUT2D eigenvalue weighted by Gasteiger charge is -2.40. The van der Waals surface area contributed by atoms with Gasteiger partial charge < -0.3 is 15.8 Å². The van der Waals surface area contributed by atoms with Gasteiger partial charge in [0.1, 0.15) is 5.69 Å². The lowest BCUT2D eigenvalue weighted by atomic mass is 9.73. The Bertz CT molecular complexity index is 1450. The molecule has 1 aromatic carbocycles. The van der Waals surface area contributed by atoms with Crippen molar-refractivity contribution >= 4 is 11.6 Å². The number of hydrogen-bond acceptors (Lipinski definition) is 7. The summed E-state index contributed by atoms with van der Waals surface area (Å²) in [6, 6.07) is 12.2. The molecule has 37 heavy (non-hydrogen) atoms. The van der Waals surface area contributed by atoms with Crippen LogP contribution in [0.15, 0.2) is 42.6 Å². The number of fused-ring (bicyclic) bond motifs is 3. The normalized spacial score (nSPS) is 18.1. The molecule has 190 valence electrons. The van der Waals surface area contributed by atoms with Crippen LogP contribution in [0.25, 0.3) is 22.6 Å². The van der Waals surface area contributed by atoms with Gasteiger partial charge in [-0.1, -0.05) is 35.5 Å². The molecule has 0 radical (unpaired) electrons. The van der Waals surface area contributed by atoms with Crippen molar-refractivity contribution in [2.45, 2.75) is 31.7 Å². The van der Waals surface area contributed by atoms with Crippen molar-refractivity contribution in [3.63, 3.8) is 0 Å². The summed E-state index contributed by atoms with van der Waals surface area (Å²) in [5.74, 6) is -0.156. The number of ether oxygens (including phenoxy) is 1. The fraction of sp³-hybridized carbons (Fsp3) is 0.370. The van der Waals surface area contributed by atoms with Crippen molar-refractivity contribution in [3.8, 4) is 22.6 Å². The van der Waals surface area contributed by atoms with E-state index in [0.717, 1.165) is 52.4 Å². The molecular weight excluding hydrogens is 468 g/mol. The molecule has 1 fully saturated rings. The zero-order valence-electron chi connectivity index (χ0n) is 21.2. The fourth-order valence-corrected chi connectivity index (χ4v) is 6.10. The largest absolute Gasteiger partial charge is 0.381 e. The average Bonchev–Trinajstić information content (AvgIpc) is 3.44. The third kappa shape index (κ3) is 3.79. The molecule has 5 heterocycles. The number of benzene rings is 1. The molecule has 3 N–H and O–H groups in total. The van der Waals surface area contributed by atoms with Crippen LogP contribution in [0.1, 0.15) is 52.1 Å². The highest BCUT2D eigenvalue weighted by atomic mass is 16.5. The number of primary amides is 1. The molecule has 1 saturated heterocycles. The number of aromatic nitrogens is 6. The molecule has 3 aromatic heterocycles. The second-order valence-electron chi connectivity index (χ2n) is 9.84. The molecular formula is C27H30N8O2. The molecule has 10 heteroatoms. The van der Waals surface area contributed by atoms with Crippen LogP contribution in [0.5, 0.6) is 0 Å². The van der Waals surface area contributed by atoms with E-state index < -0.39 is 5.91 Å². The van der Waals surface area contributed by atoms with E-state index in [0.29, 0.717) is 19.1 Å². The quantitative estimate of drug-likeness (QED) is 0.432. The molecule has 10 nitrogen and oxygen atoms in total. The second kappa shape index (κ2) is 9.11. The zero-order valence-corrected chi connectivity index (χ0v) is 21.2. The SMILES string of the molecule is Cc1nnn(C)c1-c1ccnc2c1NC(C(c1ccccc1)C1CCOCC1)c1c(C(N)=O)nn(C)c1-2. The van der Waals surface area contributed by atoms with Gasteiger partial charge in [-0.3, -0.25) is 14.5 Å². The summed E-state index contributed by atoms with van der Waals surface area (Å²) in [5, 5.41) is 16.9. The summed E-state index contributed by atoms with van der Waals surface area (Å²) >= 11 is 0. The highest BCUT2D eigenvalue weighted by Gasteiger charge is 2.42. The average molecular weight is 499 g/mol. The van der Waals surface area contributed by atoms with Gasteiger partial charge in [-0.2, -0.15) is 5.10 Å². The highest BCUT2D eigenvalue weighted by molar-refractivity contribution is 5.98. The van der Waals surface area contributed by atoms with E-state index >= 15 is 0 Å². The minimum Gasteiger partial charge on any atom is -0.381 e. The maximum atomic E-state index is 12.7. The molecule has 0 saturated carbocycles. The van der Waals surface area contributed by atoms with Gasteiger partial charge in [-0.25, -0.2) is 4.68 Å². The molecule has 0 aliphatic carbocycles. The number of hydrogen-bond donors (Lipinski definition) is 2. The number of rotatable bonds is 5. The van der Waals surface area contributed by atoms with Crippen LogP contribution in [0, 0.1) is 12.8 Å². The molecule has 0 bridgehead atoms. The second-order valence-corrected chi connectivity index (χ2v) is 9.84. The molecule has 2 aliphatic rings. The van der Waals surface area contributed by atoms with Crippen LogP contribution in [-0.2, 0) is 18.8 Å². The summed E-state index contributed by atoms with van der Waals surface area (Å²) in [6.07, 6.45) is 3.63. The molecule has 2 atom stereocenters. The molecule has 6 rings (SSSR count). The summed E-state index contributed by atoms with van der Waals surface area (Å²) in [7, 11) is 3.73. The third-order valence-corrected chi connectivity index (χ3v) is 7.67. The van der Waals surface area contributed by atoms with E-state index in [2.05, 4.69) is 45.0 Å². The van der Waals surface area contributed by atoms with Gasteiger partial charge in [0.2, 0.25) is 0 Å². The maximum absolute atomic E-state index is 12.7. The first-order chi connectivity index (χ1) is 18.0. The van der Waals surface area contributed by atoms with Crippen molar-refractivity contribution in [1.29, 1.82) is 0 Å². The first-order valence-corrected chi connectivity index (χ1v) is 12.6. The van der Waals surface area contributed by atoms with Crippen LogP contribution in [0.4, 0.5) is 5.69 Å². The number of aryl methyl sites for hydroxylation is 3. The van der Waals surface area contributed by atoms with E-state index in [1.165, 1.54) is 5.56 Å². The van der Waals surface area contributed by atoms with Crippen molar-refractivity contribution in [3.05, 3.63) is 65.1 Å². The van der Waals surface area contributed by atoms with E-state index in [9.17, 15) is 4.79 Å². The first kappa shape index (κ1) is 23.4. The van der Waals surface area contributed by atoms with Crippen LogP contribution in [-0.4, -0.2) is 48.9 Å². The van der Waals surface area contributed by atoms with Crippen molar-refractivity contribution in [2.24, 2.45) is 25.7 Å². The standard InChI is InChI=1S/C27H30N8O2/c1-15-25(35(3)33-31-15)18-9-12-29-24-21(18)30-22(20-23(27(28)36)32-34(2)26(20)24)19(16-7-5-4-6-8-16)17-10-13-37-14-11-17/h4-9,12,17,19,22,30H,10-11,13-14H2,1-3H3,(H2,28,36). The number of carbonyl (C=O) groups is 1. The topological polar surface area (TPSA) is 126 Å². The number of nitrogens with one attached hydrogen (secondary N) is 1. The Morgan fingerprint density at radius 1 is 1.11 bits per heavy atom. The predicted molar refractivity (Wildman–Crippen MR) is 139 cm³/mol. The van der Waals surface area contributed by atoms with Gasteiger partial charge >= 0.3 is 0 Å². The van der Waals surface area contributed by atoms with Crippen molar-refractivity contribution in [2.75, 3.05) is 18.5 Å². The number of amides is 1. The molecule has 1 amide bonds. The Morgan fingerprint density at radius 3 is 2.54 bits per heavy atom. The lowest BCUT2D eigenvalue weighted by Crippen LogP contribution is -2.33. The monoisotopic (exact) mass is 498 g/mol. The van der Waals surface area contributed by atoms with E-state index in [1.807, 2.05) is 33.2 Å². The zero-order chi connectivity index (χ0) is 25.7. The molecule has 2 aliphatic heterocycles. The van der Waals surface area contributed by atoms with Gasteiger partial charge in [0.25, 0.3) is 5.91 Å². The number of pyridine rings is 1. The Hall–Kier alpha value is -4.05. The number of carbonyl (C=O) groups excluding carboxylic acids is 1. The third-order valence-electron chi connectivity index (χ3n) is 7.67. The number of anilines is 1. The Morgan fingerprint density at radius 2 is 1.86 bits per heavy atom. The Labute approximate surface area is 214 Å². The maximum Gasteiger partial charge on any atom is 0.269 e. The van der Waals surface area contributed by atoms with E-state index in [-0.39, 0.29) is 17.7 Å². The van der Waals surface area contributed by atoms with Gasteiger partial charge in [-0.05, 0) is 37.3 Å². The predicted octanol–water partition coefficient (Wildman–Crippen LogP) is 3.36. The van der Waals surface area contributed by atoms with Gasteiger partial charge in [0.05, 0.1) is 28.8 Å². The minimum absolute atomic E-state index is 0.0538. The van der Waals surface area contributed by atoms with E-state index in [4.69, 9.17) is 15.5 Å². The van der Waals surface area contributed by atoms with E-state index in [1.54, 1.807) is 15.6 Å². The Kier molecular flexibility index (Phi) is 5.75. The fourth-order valence-electron chi connectivity index (χ4n) is 6.10. The van der Waals surface area contributed by atoms with Gasteiger partial charge in [-0.15, -0.1) is 5.10 Å². The lowest BCUT2D eigenvalue weighted by molar-refractivity contribution is 0.0553. The number of nitrogens with two attached hydrogens (primary N) is 1. The van der Waals surface area contributed by atoms with Crippen LogP contribution in [0.3, 0.4) is 0 Å². The summed E-state index contributed by atoms with van der Waals surface area (Å²) in [6.45, 7) is 3.38. The molecule has 4 aromatic rings. The molecule has 2 unspecified atom stereocenters. The highest BCUT2D eigenvalue weighted by Crippen LogP contribution is 2.52. The molecule has 0 spiro atoms. The number of nitrogens with zero attached hydrogens (tertiary/aromatic N) is 6. The van der Waals surface area contributed by atoms with Crippen LogP contribution < -0.4 is 11.1 Å². The summed E-state index contributed by atoms with van der Waals surface area (Å²) in [5.41, 5.74) is 13.3. The van der Waals surface area contributed by atoms with Gasteiger partial charge in [0.15, 0.2) is 5.69 Å². The van der Waals surface area contributed by atoms with Crippen molar-refractivity contribution < 1.29 is 9.53 Å². The van der Waals surface area contributed by atoms with Crippen LogP contribution in [0.2, 0.25) is 0 Å². The van der Waals surface area contributed by atoms with Crippen molar-refractivity contribution in [1.82, 2.24) is 29.8 Å². The first-order valence-electron chi connectivity index (χ1n) is 12.6. The smallest absolute Gasteiger partial charge is 0.269 e. The Balaban J connectivity index is 1.62. The van der Waals surface area contributed by atoms with Gasteiger partial charge in [0, 0.05) is 50.6 Å². The minimum atomic E-state index is -0.547. The van der Waals surface area contributed by atoms with Crippen LogP contribution >= 0.6 is 0 Å². The summed E-state index contributed by atoms with van der Waals surface area (Å²) in [4.78, 5) is 17.4.